The SMILES string of the molecule is CC1CN(c2ncnc3c2CCCCC3)CCC1Br. The molecule has 2 unspecified atom stereocenters. The van der Waals surface area contributed by atoms with Gasteiger partial charge in [0, 0.05) is 29.2 Å². The highest BCUT2D eigenvalue weighted by atomic mass is 79.9. The van der Waals surface area contributed by atoms with E-state index in [9.17, 15) is 0 Å². The van der Waals surface area contributed by atoms with Gasteiger partial charge < -0.3 is 4.90 Å². The molecular weight excluding hydrogens is 302 g/mol. The molecule has 1 saturated heterocycles. The Morgan fingerprint density at radius 1 is 1.21 bits per heavy atom. The fraction of sp³-hybridized carbons (Fsp3) is 0.733. The molecule has 4 heteroatoms. The number of anilines is 1. The first kappa shape index (κ1) is 13.3. The second-order valence-corrected chi connectivity index (χ2v) is 7.09. The average molecular weight is 324 g/mol. The lowest BCUT2D eigenvalue weighted by Crippen LogP contribution is -2.40. The highest BCUT2D eigenvalue weighted by Gasteiger charge is 2.27. The highest BCUT2D eigenvalue weighted by molar-refractivity contribution is 9.09. The largest absolute Gasteiger partial charge is 0.356 e. The van der Waals surface area contributed by atoms with E-state index >= 15 is 0 Å². The zero-order valence-corrected chi connectivity index (χ0v) is 13.2. The number of piperidine rings is 1. The zero-order valence-electron chi connectivity index (χ0n) is 11.6. The van der Waals surface area contributed by atoms with Gasteiger partial charge in [-0.1, -0.05) is 29.3 Å². The minimum absolute atomic E-state index is 0.657. The number of aryl methyl sites for hydroxylation is 1. The molecule has 1 aromatic heterocycles. The van der Waals surface area contributed by atoms with Crippen LogP contribution in [0.2, 0.25) is 0 Å². The maximum absolute atomic E-state index is 4.62. The van der Waals surface area contributed by atoms with Crippen molar-refractivity contribution < 1.29 is 0 Å². The summed E-state index contributed by atoms with van der Waals surface area (Å²) >= 11 is 3.78. The van der Waals surface area contributed by atoms with Gasteiger partial charge in [0.2, 0.25) is 0 Å². The van der Waals surface area contributed by atoms with E-state index in [1.165, 1.54) is 42.8 Å². The predicted octanol–water partition coefficient (Wildman–Crippen LogP) is 3.36. The molecule has 2 heterocycles. The van der Waals surface area contributed by atoms with Crippen molar-refractivity contribution in [3.8, 4) is 0 Å². The molecule has 1 aliphatic carbocycles. The third kappa shape index (κ3) is 2.78. The molecule has 0 bridgehead atoms. The van der Waals surface area contributed by atoms with Gasteiger partial charge in [-0.3, -0.25) is 0 Å². The van der Waals surface area contributed by atoms with Crippen LogP contribution in [0.3, 0.4) is 0 Å². The van der Waals surface area contributed by atoms with Gasteiger partial charge in [-0.25, -0.2) is 9.97 Å². The molecule has 0 spiro atoms. The monoisotopic (exact) mass is 323 g/mol. The summed E-state index contributed by atoms with van der Waals surface area (Å²) in [6, 6.07) is 0. The maximum atomic E-state index is 4.62. The van der Waals surface area contributed by atoms with E-state index in [0.717, 1.165) is 25.9 Å². The molecule has 0 aromatic carbocycles. The molecule has 0 radical (unpaired) electrons. The van der Waals surface area contributed by atoms with E-state index < -0.39 is 0 Å². The van der Waals surface area contributed by atoms with Gasteiger partial charge in [-0.05, 0) is 38.0 Å². The average Bonchev–Trinajstić information content (AvgIpc) is 2.67. The summed E-state index contributed by atoms with van der Waals surface area (Å²) in [6.07, 6.45) is 9.17. The number of aromatic nitrogens is 2. The van der Waals surface area contributed by atoms with E-state index in [4.69, 9.17) is 0 Å². The number of nitrogens with zero attached hydrogens (tertiary/aromatic N) is 3. The van der Waals surface area contributed by atoms with Gasteiger partial charge >= 0.3 is 0 Å². The Morgan fingerprint density at radius 2 is 2.05 bits per heavy atom. The second kappa shape index (κ2) is 5.78. The molecule has 1 fully saturated rings. The number of rotatable bonds is 1. The lowest BCUT2D eigenvalue weighted by Gasteiger charge is -2.36. The van der Waals surface area contributed by atoms with Gasteiger partial charge in [0.25, 0.3) is 0 Å². The second-order valence-electron chi connectivity index (χ2n) is 5.91. The summed E-state index contributed by atoms with van der Waals surface area (Å²) < 4.78 is 0. The van der Waals surface area contributed by atoms with Crippen LogP contribution in [0.25, 0.3) is 0 Å². The van der Waals surface area contributed by atoms with Crippen LogP contribution in [0, 0.1) is 5.92 Å². The van der Waals surface area contributed by atoms with E-state index in [1.54, 1.807) is 6.33 Å². The molecule has 0 N–H and O–H groups in total. The number of alkyl halides is 1. The molecule has 0 amide bonds. The minimum atomic E-state index is 0.657. The normalized spacial score (nSPS) is 27.8. The van der Waals surface area contributed by atoms with Crippen molar-refractivity contribution in [2.45, 2.75) is 50.3 Å². The third-order valence-electron chi connectivity index (χ3n) is 4.45. The topological polar surface area (TPSA) is 29.0 Å². The van der Waals surface area contributed by atoms with Gasteiger partial charge in [0.05, 0.1) is 0 Å². The number of fused-ring (bicyclic) bond motifs is 1. The van der Waals surface area contributed by atoms with Crippen molar-refractivity contribution in [3.63, 3.8) is 0 Å². The van der Waals surface area contributed by atoms with Crippen LogP contribution in [-0.4, -0.2) is 27.9 Å². The van der Waals surface area contributed by atoms with Crippen LogP contribution in [0.1, 0.15) is 43.9 Å². The fourth-order valence-electron chi connectivity index (χ4n) is 3.26. The standard InChI is InChI=1S/C15H22BrN3/c1-11-9-19(8-7-13(11)16)15-12-5-3-2-4-6-14(12)17-10-18-15/h10-11,13H,2-9H2,1H3. The Bertz CT molecular complexity index is 449. The van der Waals surface area contributed by atoms with E-state index in [2.05, 4.69) is 37.7 Å². The molecule has 3 rings (SSSR count). The molecule has 1 aromatic rings. The van der Waals surface area contributed by atoms with Crippen LogP contribution < -0.4 is 4.90 Å². The lowest BCUT2D eigenvalue weighted by atomic mass is 9.99. The van der Waals surface area contributed by atoms with Gasteiger partial charge in [-0.15, -0.1) is 0 Å². The van der Waals surface area contributed by atoms with E-state index in [0.29, 0.717) is 10.7 Å². The Kier molecular flexibility index (Phi) is 4.06. The van der Waals surface area contributed by atoms with E-state index in [-0.39, 0.29) is 0 Å². The fourth-order valence-corrected chi connectivity index (χ4v) is 3.63. The van der Waals surface area contributed by atoms with Crippen molar-refractivity contribution in [3.05, 3.63) is 17.6 Å². The van der Waals surface area contributed by atoms with Crippen molar-refractivity contribution in [1.29, 1.82) is 0 Å². The van der Waals surface area contributed by atoms with Gasteiger partial charge in [-0.2, -0.15) is 0 Å². The van der Waals surface area contributed by atoms with Crippen LogP contribution >= 0.6 is 15.9 Å². The van der Waals surface area contributed by atoms with Crippen molar-refractivity contribution >= 4 is 21.7 Å². The predicted molar refractivity (Wildman–Crippen MR) is 82.0 cm³/mol. The summed E-state index contributed by atoms with van der Waals surface area (Å²) in [7, 11) is 0. The van der Waals surface area contributed by atoms with Crippen LogP contribution in [0.5, 0.6) is 0 Å². The molecule has 0 saturated carbocycles. The summed E-state index contributed by atoms with van der Waals surface area (Å²) in [5.41, 5.74) is 2.73. The van der Waals surface area contributed by atoms with Crippen LogP contribution in [0.4, 0.5) is 5.82 Å². The quantitative estimate of drug-likeness (QED) is 0.586. The number of hydrogen-bond acceptors (Lipinski definition) is 3. The van der Waals surface area contributed by atoms with Crippen molar-refractivity contribution in [1.82, 2.24) is 9.97 Å². The minimum Gasteiger partial charge on any atom is -0.356 e. The summed E-state index contributed by atoms with van der Waals surface area (Å²) in [4.78, 5) is 12.3. The van der Waals surface area contributed by atoms with Crippen molar-refractivity contribution in [2.75, 3.05) is 18.0 Å². The molecule has 19 heavy (non-hydrogen) atoms. The Balaban J connectivity index is 1.88. The Hall–Kier alpha value is -0.640. The molecule has 104 valence electrons. The first-order chi connectivity index (χ1) is 9.25. The highest BCUT2D eigenvalue weighted by Crippen LogP contribution is 2.31. The lowest BCUT2D eigenvalue weighted by molar-refractivity contribution is 0.462. The molecule has 3 nitrogen and oxygen atoms in total. The molecule has 2 aliphatic rings. The smallest absolute Gasteiger partial charge is 0.135 e. The van der Waals surface area contributed by atoms with Crippen LogP contribution in [-0.2, 0) is 12.8 Å². The van der Waals surface area contributed by atoms with Crippen molar-refractivity contribution in [2.24, 2.45) is 5.92 Å². The molecular formula is C15H22BrN3. The van der Waals surface area contributed by atoms with Gasteiger partial charge in [0.1, 0.15) is 12.1 Å². The maximum Gasteiger partial charge on any atom is 0.135 e. The molecule has 1 aliphatic heterocycles. The Labute approximate surface area is 124 Å². The summed E-state index contributed by atoms with van der Waals surface area (Å²) in [5, 5.41) is 0. The zero-order chi connectivity index (χ0) is 13.2. The third-order valence-corrected chi connectivity index (χ3v) is 5.81. The van der Waals surface area contributed by atoms with E-state index in [1.807, 2.05) is 0 Å². The first-order valence-electron chi connectivity index (χ1n) is 7.47. The number of halogens is 1. The first-order valence-corrected chi connectivity index (χ1v) is 8.39. The number of hydrogen-bond donors (Lipinski definition) is 0. The summed E-state index contributed by atoms with van der Waals surface area (Å²) in [5.74, 6) is 1.91. The summed E-state index contributed by atoms with van der Waals surface area (Å²) in [6.45, 7) is 4.55. The van der Waals surface area contributed by atoms with Gasteiger partial charge in [0.15, 0.2) is 0 Å². The van der Waals surface area contributed by atoms with Crippen LogP contribution in [0.15, 0.2) is 6.33 Å². The Morgan fingerprint density at radius 3 is 2.89 bits per heavy atom. The molecule has 2 atom stereocenters.